The zero-order chi connectivity index (χ0) is 15.5. The first-order valence-electron chi connectivity index (χ1n) is 6.70. The van der Waals surface area contributed by atoms with Crippen LogP contribution in [0.1, 0.15) is 60.8 Å². The second kappa shape index (κ2) is 6.87. The topological polar surface area (TPSA) is 83.8 Å². The van der Waals surface area contributed by atoms with Gasteiger partial charge in [0.05, 0.1) is 10.8 Å². The molecule has 0 spiro atoms. The van der Waals surface area contributed by atoms with E-state index in [4.69, 9.17) is 4.52 Å². The molecule has 116 valence electrons. The molecule has 0 saturated heterocycles. The maximum atomic E-state index is 12.3. The van der Waals surface area contributed by atoms with Crippen LogP contribution in [0.25, 0.3) is 0 Å². The fourth-order valence-corrected chi connectivity index (χ4v) is 4.06. The zero-order valence-corrected chi connectivity index (χ0v) is 14.7. The molecule has 0 rings (SSSR count). The second-order valence-corrected chi connectivity index (χ2v) is 9.21. The summed E-state index contributed by atoms with van der Waals surface area (Å²) in [5.41, 5.74) is -1.01. The molecule has 7 heteroatoms. The third kappa shape index (κ3) is 3.92. The molecule has 0 fully saturated rings. The molecule has 0 amide bonds. The first kappa shape index (κ1) is 19.3. The van der Waals surface area contributed by atoms with Crippen LogP contribution >= 0.6 is 16.1 Å². The lowest BCUT2D eigenvalue weighted by Crippen LogP contribution is -2.46. The SMILES string of the molecule is CCC(O)(CC)[PH](=O)OC(C)(CC)C(C)(C)[PH](=O)O. The fourth-order valence-electron chi connectivity index (χ4n) is 1.71. The maximum Gasteiger partial charge on any atom is 0.222 e. The Morgan fingerprint density at radius 3 is 1.68 bits per heavy atom. The number of aliphatic hydroxyl groups is 1. The van der Waals surface area contributed by atoms with E-state index in [1.54, 1.807) is 34.6 Å². The van der Waals surface area contributed by atoms with E-state index in [1.165, 1.54) is 0 Å². The van der Waals surface area contributed by atoms with Crippen molar-refractivity contribution in [2.75, 3.05) is 0 Å². The van der Waals surface area contributed by atoms with E-state index >= 15 is 0 Å². The van der Waals surface area contributed by atoms with Gasteiger partial charge in [0.1, 0.15) is 5.34 Å². The van der Waals surface area contributed by atoms with Gasteiger partial charge in [-0.05, 0) is 40.0 Å². The van der Waals surface area contributed by atoms with E-state index in [2.05, 4.69) is 0 Å². The van der Waals surface area contributed by atoms with Gasteiger partial charge in [0.2, 0.25) is 8.03 Å². The summed E-state index contributed by atoms with van der Waals surface area (Å²) in [5, 5.41) is 7.89. The van der Waals surface area contributed by atoms with Crippen LogP contribution in [0.4, 0.5) is 0 Å². The second-order valence-electron chi connectivity index (χ2n) is 5.64. The number of hydrogen-bond acceptors (Lipinski definition) is 4. The van der Waals surface area contributed by atoms with Crippen molar-refractivity contribution >= 4 is 16.1 Å². The molecule has 19 heavy (non-hydrogen) atoms. The minimum absolute atomic E-state index is 0.329. The lowest BCUT2D eigenvalue weighted by atomic mass is 9.89. The van der Waals surface area contributed by atoms with Gasteiger partial charge in [0.25, 0.3) is 0 Å². The van der Waals surface area contributed by atoms with Crippen molar-refractivity contribution in [2.24, 2.45) is 0 Å². The van der Waals surface area contributed by atoms with Gasteiger partial charge in [0.15, 0.2) is 8.03 Å². The highest BCUT2D eigenvalue weighted by Crippen LogP contribution is 2.54. The van der Waals surface area contributed by atoms with Gasteiger partial charge in [-0.1, -0.05) is 20.8 Å². The van der Waals surface area contributed by atoms with Crippen LogP contribution in [0.15, 0.2) is 0 Å². The smallest absolute Gasteiger partial charge is 0.222 e. The summed E-state index contributed by atoms with van der Waals surface area (Å²) in [6.07, 6.45) is 1.10. The summed E-state index contributed by atoms with van der Waals surface area (Å²) < 4.78 is 29.5. The molecule has 0 radical (unpaired) electrons. The van der Waals surface area contributed by atoms with Crippen LogP contribution in [0.5, 0.6) is 0 Å². The summed E-state index contributed by atoms with van der Waals surface area (Å²) in [6, 6.07) is 0. The van der Waals surface area contributed by atoms with Gasteiger partial charge in [-0.3, -0.25) is 9.13 Å². The van der Waals surface area contributed by atoms with Crippen molar-refractivity contribution in [3.05, 3.63) is 0 Å². The van der Waals surface area contributed by atoms with Gasteiger partial charge in [0, 0.05) is 0 Å². The molecule has 2 N–H and O–H groups in total. The van der Waals surface area contributed by atoms with Crippen molar-refractivity contribution in [1.29, 1.82) is 0 Å². The Morgan fingerprint density at radius 2 is 1.42 bits per heavy atom. The quantitative estimate of drug-likeness (QED) is 0.671. The van der Waals surface area contributed by atoms with Crippen molar-refractivity contribution < 1.29 is 23.7 Å². The third-order valence-corrected chi connectivity index (χ3v) is 8.10. The fraction of sp³-hybridized carbons (Fsp3) is 1.00. The van der Waals surface area contributed by atoms with Crippen LogP contribution in [-0.4, -0.2) is 26.1 Å². The first-order chi connectivity index (χ1) is 8.50. The predicted molar refractivity (Wildman–Crippen MR) is 79.6 cm³/mol. The van der Waals surface area contributed by atoms with Crippen LogP contribution in [0.3, 0.4) is 0 Å². The number of rotatable bonds is 8. The minimum Gasteiger partial charge on any atom is -0.380 e. The molecule has 0 aromatic rings. The van der Waals surface area contributed by atoms with Crippen molar-refractivity contribution in [3.63, 3.8) is 0 Å². The highest BCUT2D eigenvalue weighted by molar-refractivity contribution is 7.41. The zero-order valence-electron chi connectivity index (χ0n) is 12.7. The lowest BCUT2D eigenvalue weighted by molar-refractivity contribution is 0.0270. The van der Waals surface area contributed by atoms with E-state index in [1.807, 2.05) is 6.92 Å². The highest BCUT2D eigenvalue weighted by atomic mass is 31.1. The summed E-state index contributed by atoms with van der Waals surface area (Å²) in [6.45, 7) is 10.3. The Hall–Kier alpha value is 0.340. The highest BCUT2D eigenvalue weighted by Gasteiger charge is 2.48. The molecule has 0 bridgehead atoms. The summed E-state index contributed by atoms with van der Waals surface area (Å²) in [5.74, 6) is 0. The average molecular weight is 314 g/mol. The molecule has 0 aliphatic rings. The number of hydrogen-bond donors (Lipinski definition) is 2. The van der Waals surface area contributed by atoms with Crippen LogP contribution < -0.4 is 0 Å². The minimum atomic E-state index is -2.86. The summed E-state index contributed by atoms with van der Waals surface area (Å²) in [4.78, 5) is 9.49. The third-order valence-electron chi connectivity index (χ3n) is 4.40. The molecule has 0 aromatic carbocycles. The van der Waals surface area contributed by atoms with Gasteiger partial charge in [-0.15, -0.1) is 0 Å². The first-order valence-corrected chi connectivity index (χ1v) is 9.37. The van der Waals surface area contributed by atoms with Crippen molar-refractivity contribution in [2.45, 2.75) is 76.9 Å². The Labute approximate surface area is 117 Å². The van der Waals surface area contributed by atoms with Crippen LogP contribution in [0.2, 0.25) is 0 Å². The van der Waals surface area contributed by atoms with Gasteiger partial charge in [-0.25, -0.2) is 0 Å². The summed E-state index contributed by atoms with van der Waals surface area (Å²) in [7, 11) is -5.60. The van der Waals surface area contributed by atoms with Gasteiger partial charge < -0.3 is 14.5 Å². The largest absolute Gasteiger partial charge is 0.380 e. The molecule has 0 aliphatic carbocycles. The standard InChI is InChI=1S/C12H28O5P2/c1-7-11(6,10(4,5)18(14)15)17-19(16)12(13,8-2)9-3/h13,18-19H,7-9H2,1-6H3,(H,14,15). The Balaban J connectivity index is 5.32. The van der Waals surface area contributed by atoms with Crippen molar-refractivity contribution in [1.82, 2.24) is 0 Å². The van der Waals surface area contributed by atoms with E-state index in [-0.39, 0.29) is 0 Å². The maximum absolute atomic E-state index is 12.3. The lowest BCUT2D eigenvalue weighted by Gasteiger charge is -2.42. The molecule has 0 saturated carbocycles. The van der Waals surface area contributed by atoms with E-state index in [0.717, 1.165) is 0 Å². The Kier molecular flexibility index (Phi) is 6.99. The summed E-state index contributed by atoms with van der Waals surface area (Å²) >= 11 is 0. The Morgan fingerprint density at radius 1 is 1.00 bits per heavy atom. The van der Waals surface area contributed by atoms with Crippen LogP contribution in [0, 0.1) is 0 Å². The molecule has 3 unspecified atom stereocenters. The molecule has 0 aromatic heterocycles. The molecule has 0 heterocycles. The molecule has 5 nitrogen and oxygen atoms in total. The Bertz CT molecular complexity index is 352. The van der Waals surface area contributed by atoms with Gasteiger partial charge >= 0.3 is 0 Å². The predicted octanol–water partition coefficient (Wildman–Crippen LogP) is 3.40. The molecular weight excluding hydrogens is 286 g/mol. The molecule has 0 aliphatic heterocycles. The average Bonchev–Trinajstić information content (AvgIpc) is 2.36. The molecular formula is C12H28O5P2. The monoisotopic (exact) mass is 314 g/mol. The van der Waals surface area contributed by atoms with Gasteiger partial charge in [-0.2, -0.15) is 0 Å². The van der Waals surface area contributed by atoms with E-state index in [9.17, 15) is 19.1 Å². The van der Waals surface area contributed by atoms with E-state index in [0.29, 0.717) is 19.3 Å². The van der Waals surface area contributed by atoms with Crippen molar-refractivity contribution in [3.8, 4) is 0 Å². The molecule has 3 atom stereocenters. The van der Waals surface area contributed by atoms with Crippen LogP contribution in [-0.2, 0) is 13.7 Å². The van der Waals surface area contributed by atoms with E-state index < -0.39 is 32.2 Å². The normalized spacial score (nSPS) is 19.8.